The summed E-state index contributed by atoms with van der Waals surface area (Å²) in [6.45, 7) is 16.8. The molecular formula is C34H38N4O3. The number of carbonyl (C=O) groups is 2. The number of rotatable bonds is 5. The first kappa shape index (κ1) is 33.9. The smallest absolute Gasteiger partial charge is 0.303 e. The molecule has 0 radical (unpaired) electrons. The number of amides is 1. The number of nitrogens with zero attached hydrogens (tertiary/aromatic N) is 4. The number of carboxylic acid groups (broad SMARTS) is 1. The molecule has 0 aliphatic carbocycles. The van der Waals surface area contributed by atoms with Gasteiger partial charge in [0.25, 0.3) is 0 Å². The maximum atomic E-state index is 10.7. The molecule has 1 N–H and O–H groups in total. The van der Waals surface area contributed by atoms with Crippen molar-refractivity contribution in [1.29, 1.82) is 0 Å². The van der Waals surface area contributed by atoms with Crippen molar-refractivity contribution in [3.05, 3.63) is 135 Å². The zero-order valence-corrected chi connectivity index (χ0v) is 23.6. The number of para-hydroxylation sites is 1. The highest BCUT2D eigenvalue weighted by Gasteiger charge is 2.16. The highest BCUT2D eigenvalue weighted by molar-refractivity contribution is 5.79. The van der Waals surface area contributed by atoms with Gasteiger partial charge < -0.3 is 10.0 Å². The molecule has 3 aromatic heterocycles. The molecule has 1 aliphatic rings. The molecule has 1 aliphatic heterocycles. The van der Waals surface area contributed by atoms with Crippen LogP contribution in [0.4, 0.5) is 0 Å². The Morgan fingerprint density at radius 3 is 1.98 bits per heavy atom. The molecule has 41 heavy (non-hydrogen) atoms. The van der Waals surface area contributed by atoms with Crippen LogP contribution in [0, 0.1) is 0 Å². The van der Waals surface area contributed by atoms with Crippen molar-refractivity contribution in [2.75, 3.05) is 6.54 Å². The third-order valence-electron chi connectivity index (χ3n) is 5.30. The van der Waals surface area contributed by atoms with Crippen molar-refractivity contribution >= 4 is 41.0 Å². The molecule has 7 nitrogen and oxygen atoms in total. The maximum absolute atomic E-state index is 10.7. The number of fused-ring (bicyclic) bond motifs is 1. The number of carboxylic acids is 1. The van der Waals surface area contributed by atoms with Gasteiger partial charge in [-0.25, -0.2) is 4.98 Å². The molecule has 0 saturated carbocycles. The number of pyridine rings is 3. The van der Waals surface area contributed by atoms with Crippen LogP contribution < -0.4 is 0 Å². The van der Waals surface area contributed by atoms with Crippen LogP contribution in [0.1, 0.15) is 43.1 Å². The molecular weight excluding hydrogens is 512 g/mol. The lowest BCUT2D eigenvalue weighted by Crippen LogP contribution is -2.16. The van der Waals surface area contributed by atoms with E-state index in [0.717, 1.165) is 35.4 Å². The molecule has 1 amide bonds. The van der Waals surface area contributed by atoms with Crippen molar-refractivity contribution in [1.82, 2.24) is 19.9 Å². The minimum Gasteiger partial charge on any atom is -0.481 e. The molecule has 4 heterocycles. The van der Waals surface area contributed by atoms with Gasteiger partial charge in [0.05, 0.1) is 16.9 Å². The lowest BCUT2D eigenvalue weighted by molar-refractivity contribution is -0.136. The Morgan fingerprint density at radius 2 is 1.54 bits per heavy atom. The van der Waals surface area contributed by atoms with Crippen molar-refractivity contribution in [2.24, 2.45) is 0 Å². The summed E-state index contributed by atoms with van der Waals surface area (Å²) in [5, 5.41) is 8.89. The topological polar surface area (TPSA) is 96.3 Å². The molecule has 5 rings (SSSR count). The molecule has 0 spiro atoms. The van der Waals surface area contributed by atoms with Crippen LogP contribution in [0.3, 0.4) is 0 Å². The number of hydrogen-bond acceptors (Lipinski definition) is 5. The molecule has 212 valence electrons. The average molecular weight is 551 g/mol. The van der Waals surface area contributed by atoms with E-state index in [1.165, 1.54) is 5.39 Å². The van der Waals surface area contributed by atoms with Gasteiger partial charge in [-0.15, -0.1) is 0 Å². The van der Waals surface area contributed by atoms with Crippen molar-refractivity contribution in [3.8, 4) is 0 Å². The molecule has 1 fully saturated rings. The van der Waals surface area contributed by atoms with Crippen LogP contribution in [-0.4, -0.2) is 43.4 Å². The summed E-state index contributed by atoms with van der Waals surface area (Å²) in [6, 6.07) is 21.6. The first-order chi connectivity index (χ1) is 19.9. The normalized spacial score (nSPS) is 11.0. The first-order valence-electron chi connectivity index (χ1n) is 13.1. The Labute approximate surface area is 242 Å². The largest absolute Gasteiger partial charge is 0.481 e. The van der Waals surface area contributed by atoms with E-state index in [1.807, 2.05) is 54.6 Å². The van der Waals surface area contributed by atoms with Crippen LogP contribution in [0.25, 0.3) is 29.1 Å². The lowest BCUT2D eigenvalue weighted by Gasteiger charge is -2.05. The predicted molar refractivity (Wildman–Crippen MR) is 170 cm³/mol. The van der Waals surface area contributed by atoms with E-state index >= 15 is 0 Å². The summed E-state index contributed by atoms with van der Waals surface area (Å²) < 4.78 is 0. The number of hydrogen-bond donors (Lipinski definition) is 1. The lowest BCUT2D eigenvalue weighted by atomic mass is 10.2. The Morgan fingerprint density at radius 1 is 0.878 bits per heavy atom. The standard InChI is InChI=1S/C11H9N.2C7H7N.C6H9NO.C3H6O2/c1-2-10-8-7-9-5-3-4-6-11(9)12-10;1-2-7-3-5-8-6-4-7;1-2-7-5-3-4-6-8-7;1-2-7-5-3-4-6(7)8;1-2-3(4)5/h2-8H,1H2;2*2-6H,1H2;2H,1,3-5H2;2H2,1H3,(H,4,5). The maximum Gasteiger partial charge on any atom is 0.303 e. The van der Waals surface area contributed by atoms with E-state index in [-0.39, 0.29) is 12.3 Å². The Kier molecular flexibility index (Phi) is 17.1. The van der Waals surface area contributed by atoms with Gasteiger partial charge in [0.15, 0.2) is 0 Å². The SMILES string of the molecule is C=CN1CCCC1=O.C=Cc1ccc2ccccc2n1.C=Cc1ccccn1.C=Cc1ccncc1.CCC(=O)O. The molecule has 1 saturated heterocycles. The molecule has 0 bridgehead atoms. The minimum absolute atomic E-state index is 0.208. The van der Waals surface area contributed by atoms with Crippen LogP contribution in [-0.2, 0) is 9.59 Å². The second-order valence-corrected chi connectivity index (χ2v) is 8.20. The van der Waals surface area contributed by atoms with E-state index in [2.05, 4.69) is 53.4 Å². The highest BCUT2D eigenvalue weighted by Crippen LogP contribution is 2.12. The van der Waals surface area contributed by atoms with Gasteiger partial charge in [0.2, 0.25) is 5.91 Å². The highest BCUT2D eigenvalue weighted by atomic mass is 16.4. The summed E-state index contributed by atoms with van der Waals surface area (Å²) in [7, 11) is 0. The van der Waals surface area contributed by atoms with E-state index in [1.54, 1.807) is 54.8 Å². The predicted octanol–water partition coefficient (Wildman–Crippen LogP) is 7.56. The fourth-order valence-corrected chi connectivity index (χ4v) is 3.05. The summed E-state index contributed by atoms with van der Waals surface area (Å²) >= 11 is 0. The van der Waals surface area contributed by atoms with E-state index < -0.39 is 5.97 Å². The molecule has 0 atom stereocenters. The van der Waals surface area contributed by atoms with Crippen molar-refractivity contribution < 1.29 is 14.7 Å². The zero-order valence-electron chi connectivity index (χ0n) is 23.6. The van der Waals surface area contributed by atoms with Gasteiger partial charge in [-0.05, 0) is 66.7 Å². The number of aliphatic carboxylic acids is 1. The quantitative estimate of drug-likeness (QED) is 0.275. The van der Waals surface area contributed by atoms with Crippen LogP contribution in [0.2, 0.25) is 0 Å². The molecule has 0 unspecified atom stereocenters. The number of carbonyl (C=O) groups excluding carboxylic acids is 1. The van der Waals surface area contributed by atoms with Crippen LogP contribution in [0.15, 0.2) is 118 Å². The van der Waals surface area contributed by atoms with Crippen LogP contribution >= 0.6 is 0 Å². The molecule has 4 aromatic rings. The van der Waals surface area contributed by atoms with Gasteiger partial charge in [-0.3, -0.25) is 19.6 Å². The van der Waals surface area contributed by atoms with E-state index in [4.69, 9.17) is 5.11 Å². The summed E-state index contributed by atoms with van der Waals surface area (Å²) in [5.41, 5.74) is 3.98. The average Bonchev–Trinajstić information content (AvgIpc) is 3.47. The summed E-state index contributed by atoms with van der Waals surface area (Å²) in [6.07, 6.45) is 14.0. The number of aromatic nitrogens is 3. The summed E-state index contributed by atoms with van der Waals surface area (Å²) in [4.78, 5) is 33.9. The Hall–Kier alpha value is -5.17. The monoisotopic (exact) mass is 550 g/mol. The number of likely N-dealkylation sites (tertiary alicyclic amines) is 1. The van der Waals surface area contributed by atoms with E-state index in [0.29, 0.717) is 6.42 Å². The molecule has 1 aromatic carbocycles. The van der Waals surface area contributed by atoms with E-state index in [9.17, 15) is 9.59 Å². The van der Waals surface area contributed by atoms with Gasteiger partial charge in [0.1, 0.15) is 0 Å². The summed E-state index contributed by atoms with van der Waals surface area (Å²) in [5.74, 6) is -0.537. The van der Waals surface area contributed by atoms with Crippen LogP contribution in [0.5, 0.6) is 0 Å². The third-order valence-corrected chi connectivity index (χ3v) is 5.30. The van der Waals surface area contributed by atoms with Crippen molar-refractivity contribution in [3.63, 3.8) is 0 Å². The zero-order chi connectivity index (χ0) is 30.3. The fraction of sp³-hybridized carbons (Fsp3) is 0.147. The Bertz CT molecular complexity index is 1330. The first-order valence-corrected chi connectivity index (χ1v) is 13.1. The second-order valence-electron chi connectivity index (χ2n) is 8.20. The number of benzene rings is 1. The third kappa shape index (κ3) is 14.5. The van der Waals surface area contributed by atoms with Gasteiger partial charge >= 0.3 is 5.97 Å². The van der Waals surface area contributed by atoms with Gasteiger partial charge in [0, 0.05) is 43.4 Å². The molecule has 7 heteroatoms. The Balaban J connectivity index is 0.000000264. The fourth-order valence-electron chi connectivity index (χ4n) is 3.05. The van der Waals surface area contributed by atoms with Crippen molar-refractivity contribution in [2.45, 2.75) is 26.2 Å². The van der Waals surface area contributed by atoms with Gasteiger partial charge in [-0.1, -0.05) is 69.6 Å². The second kappa shape index (κ2) is 20.7. The van der Waals surface area contributed by atoms with Gasteiger partial charge in [-0.2, -0.15) is 0 Å². The minimum atomic E-state index is -0.745.